The Hall–Kier alpha value is -2.31. The van der Waals surface area contributed by atoms with Gasteiger partial charge in [0, 0.05) is 42.6 Å². The van der Waals surface area contributed by atoms with Crippen molar-refractivity contribution in [2.45, 2.75) is 49.5 Å². The van der Waals surface area contributed by atoms with Gasteiger partial charge in [-0.2, -0.15) is 0 Å². The lowest BCUT2D eigenvalue weighted by molar-refractivity contribution is 0.0359. The number of rotatable bonds is 6. The summed E-state index contributed by atoms with van der Waals surface area (Å²) in [6.45, 7) is 1.74. The summed E-state index contributed by atoms with van der Waals surface area (Å²) in [7, 11) is 0. The van der Waals surface area contributed by atoms with E-state index in [1.54, 1.807) is 12.3 Å². The van der Waals surface area contributed by atoms with Crippen LogP contribution < -0.4 is 11.1 Å². The van der Waals surface area contributed by atoms with Crippen molar-refractivity contribution < 1.29 is 13.9 Å². The first kappa shape index (κ1) is 20.0. The van der Waals surface area contributed by atoms with Gasteiger partial charge in [0.05, 0.1) is 5.56 Å². The van der Waals surface area contributed by atoms with E-state index in [0.29, 0.717) is 44.6 Å². The number of amides is 1. The van der Waals surface area contributed by atoms with Gasteiger partial charge in [-0.3, -0.25) is 9.78 Å². The molecule has 1 amide bonds. The van der Waals surface area contributed by atoms with Crippen LogP contribution >= 0.6 is 0 Å². The number of nitrogens with one attached hydrogen (secondary N) is 1. The molecule has 2 aliphatic rings. The first-order valence-corrected chi connectivity index (χ1v) is 10.4. The fourth-order valence-electron chi connectivity index (χ4n) is 4.47. The van der Waals surface area contributed by atoms with Gasteiger partial charge >= 0.3 is 0 Å². The maximum atomic E-state index is 13.6. The molecule has 3 N–H and O–H groups in total. The van der Waals surface area contributed by atoms with Crippen LogP contribution in [0.3, 0.4) is 0 Å². The molecule has 1 aromatic heterocycles. The number of hydrogen-bond acceptors (Lipinski definition) is 4. The quantitative estimate of drug-likeness (QED) is 0.785. The average Bonchev–Trinajstić information content (AvgIpc) is 2.69. The zero-order valence-corrected chi connectivity index (χ0v) is 16.6. The van der Waals surface area contributed by atoms with Crippen molar-refractivity contribution in [2.24, 2.45) is 5.73 Å². The second-order valence-electron chi connectivity index (χ2n) is 8.42. The number of carbonyl (C=O) groups is 1. The lowest BCUT2D eigenvalue weighted by Gasteiger charge is -2.40. The highest BCUT2D eigenvalue weighted by Gasteiger charge is 2.39. The largest absolute Gasteiger partial charge is 0.381 e. The molecule has 0 unspecified atom stereocenters. The summed E-state index contributed by atoms with van der Waals surface area (Å²) in [5.41, 5.74) is 7.88. The Balaban J connectivity index is 1.50. The van der Waals surface area contributed by atoms with Crippen LogP contribution in [0.15, 0.2) is 42.6 Å². The number of ether oxygens (including phenoxy) is 1. The normalized spacial score (nSPS) is 19.9. The van der Waals surface area contributed by atoms with Crippen molar-refractivity contribution in [1.82, 2.24) is 10.3 Å². The highest BCUT2D eigenvalue weighted by atomic mass is 19.1. The Kier molecular flexibility index (Phi) is 5.65. The molecule has 0 radical (unpaired) electrons. The smallest absolute Gasteiger partial charge is 0.253 e. The number of halogens is 1. The van der Waals surface area contributed by atoms with Crippen molar-refractivity contribution in [3.8, 4) is 0 Å². The van der Waals surface area contributed by atoms with Gasteiger partial charge in [0.1, 0.15) is 5.82 Å². The van der Waals surface area contributed by atoms with Crippen LogP contribution in [-0.4, -0.2) is 36.2 Å². The van der Waals surface area contributed by atoms with Gasteiger partial charge in [-0.1, -0.05) is 18.6 Å². The monoisotopic (exact) mass is 397 g/mol. The second-order valence-corrected chi connectivity index (χ2v) is 8.42. The number of nitrogens with two attached hydrogens (primary N) is 1. The number of nitrogens with zero attached hydrogens (tertiary/aromatic N) is 1. The van der Waals surface area contributed by atoms with E-state index in [1.165, 1.54) is 18.6 Å². The minimum atomic E-state index is -0.450. The van der Waals surface area contributed by atoms with Gasteiger partial charge in [-0.15, -0.1) is 0 Å². The summed E-state index contributed by atoms with van der Waals surface area (Å²) >= 11 is 0. The van der Waals surface area contributed by atoms with Crippen LogP contribution in [0.2, 0.25) is 0 Å². The van der Waals surface area contributed by atoms with E-state index in [2.05, 4.69) is 10.3 Å². The molecule has 2 heterocycles. The van der Waals surface area contributed by atoms with Crippen LogP contribution in [0.25, 0.3) is 0 Å². The second kappa shape index (κ2) is 8.20. The fourth-order valence-corrected chi connectivity index (χ4v) is 4.47. The molecule has 1 aromatic carbocycles. The Bertz CT molecular complexity index is 853. The SMILES string of the molecule is NCC1(c2ccc(C(=O)NC3(Cc4cccc(F)c4)CCOCC3)cn2)CCC1. The van der Waals surface area contributed by atoms with E-state index in [1.807, 2.05) is 18.2 Å². The van der Waals surface area contributed by atoms with Gasteiger partial charge in [0.2, 0.25) is 0 Å². The van der Waals surface area contributed by atoms with Crippen molar-refractivity contribution >= 4 is 5.91 Å². The van der Waals surface area contributed by atoms with Gasteiger partial charge in [0.25, 0.3) is 5.91 Å². The van der Waals surface area contributed by atoms with E-state index in [0.717, 1.165) is 24.1 Å². The predicted molar refractivity (Wildman–Crippen MR) is 109 cm³/mol. The summed E-state index contributed by atoms with van der Waals surface area (Å²) < 4.78 is 19.1. The first-order chi connectivity index (χ1) is 14.0. The first-order valence-electron chi connectivity index (χ1n) is 10.4. The number of pyridine rings is 1. The summed E-state index contributed by atoms with van der Waals surface area (Å²) in [4.78, 5) is 17.6. The van der Waals surface area contributed by atoms with Crippen molar-refractivity contribution in [2.75, 3.05) is 19.8 Å². The van der Waals surface area contributed by atoms with Crippen molar-refractivity contribution in [3.63, 3.8) is 0 Å². The van der Waals surface area contributed by atoms with E-state index in [-0.39, 0.29) is 17.1 Å². The molecule has 6 heteroatoms. The van der Waals surface area contributed by atoms with Gasteiger partial charge in [0.15, 0.2) is 0 Å². The highest BCUT2D eigenvalue weighted by molar-refractivity contribution is 5.94. The van der Waals surface area contributed by atoms with Crippen molar-refractivity contribution in [1.29, 1.82) is 0 Å². The predicted octanol–water partition coefficient (Wildman–Crippen LogP) is 3.12. The molecule has 0 bridgehead atoms. The molecule has 29 heavy (non-hydrogen) atoms. The Morgan fingerprint density at radius 2 is 1.97 bits per heavy atom. The number of aromatic nitrogens is 1. The lowest BCUT2D eigenvalue weighted by Crippen LogP contribution is -2.53. The molecule has 0 atom stereocenters. The van der Waals surface area contributed by atoms with Gasteiger partial charge in [-0.25, -0.2) is 4.39 Å². The Morgan fingerprint density at radius 3 is 2.55 bits per heavy atom. The Morgan fingerprint density at radius 1 is 1.17 bits per heavy atom. The minimum absolute atomic E-state index is 0.0195. The van der Waals surface area contributed by atoms with E-state index in [4.69, 9.17) is 10.5 Å². The number of hydrogen-bond donors (Lipinski definition) is 2. The highest BCUT2D eigenvalue weighted by Crippen LogP contribution is 2.41. The summed E-state index contributed by atoms with van der Waals surface area (Å²) in [6.07, 6.45) is 6.88. The molecule has 1 aliphatic carbocycles. The molecule has 2 aromatic rings. The zero-order chi connectivity index (χ0) is 20.3. The Labute approximate surface area is 170 Å². The third kappa shape index (κ3) is 4.19. The molecular weight excluding hydrogens is 369 g/mol. The molecular formula is C23H28FN3O2. The van der Waals surface area contributed by atoms with Crippen LogP contribution in [0.1, 0.15) is 53.7 Å². The van der Waals surface area contributed by atoms with E-state index in [9.17, 15) is 9.18 Å². The third-order valence-corrected chi connectivity index (χ3v) is 6.53. The molecule has 4 rings (SSSR count). The topological polar surface area (TPSA) is 77.2 Å². The van der Waals surface area contributed by atoms with Gasteiger partial charge < -0.3 is 15.8 Å². The summed E-state index contributed by atoms with van der Waals surface area (Å²) in [5.74, 6) is -0.418. The molecule has 1 saturated carbocycles. The number of benzene rings is 1. The fraction of sp³-hybridized carbons (Fsp3) is 0.478. The van der Waals surface area contributed by atoms with Crippen molar-refractivity contribution in [3.05, 3.63) is 65.2 Å². The summed E-state index contributed by atoms with van der Waals surface area (Å²) in [5, 5.41) is 3.21. The standard InChI is InChI=1S/C23H28FN3O2/c24-19-4-1-3-17(13-19)14-23(9-11-29-12-10-23)27-21(28)18-5-6-20(26-15-18)22(16-25)7-2-8-22/h1,3-6,13,15H,2,7-12,14,16,25H2,(H,27,28). The van der Waals surface area contributed by atoms with Gasteiger partial charge in [-0.05, 0) is 61.9 Å². The molecule has 0 spiro atoms. The zero-order valence-electron chi connectivity index (χ0n) is 16.6. The van der Waals surface area contributed by atoms with Crippen LogP contribution in [0.4, 0.5) is 4.39 Å². The maximum Gasteiger partial charge on any atom is 0.253 e. The molecule has 1 saturated heterocycles. The third-order valence-electron chi connectivity index (χ3n) is 6.53. The lowest BCUT2D eigenvalue weighted by atomic mass is 9.66. The summed E-state index contributed by atoms with van der Waals surface area (Å²) in [6, 6.07) is 10.3. The molecule has 154 valence electrons. The van der Waals surface area contributed by atoms with E-state index < -0.39 is 5.54 Å². The molecule has 2 fully saturated rings. The van der Waals surface area contributed by atoms with Crippen LogP contribution in [-0.2, 0) is 16.6 Å². The molecule has 1 aliphatic heterocycles. The number of carbonyl (C=O) groups excluding carboxylic acids is 1. The maximum absolute atomic E-state index is 13.6. The molecule has 5 nitrogen and oxygen atoms in total. The van der Waals surface area contributed by atoms with Crippen LogP contribution in [0.5, 0.6) is 0 Å². The minimum Gasteiger partial charge on any atom is -0.381 e. The average molecular weight is 397 g/mol. The van der Waals surface area contributed by atoms with Crippen LogP contribution in [0, 0.1) is 5.82 Å². The van der Waals surface area contributed by atoms with E-state index >= 15 is 0 Å².